The fourth-order valence-corrected chi connectivity index (χ4v) is 12.8. The maximum atomic E-state index is 5.47. The number of para-hydroxylation sites is 3. The fraction of sp³-hybridized carbons (Fsp3) is 0.111. The predicted molar refractivity (Wildman–Crippen MR) is 235 cm³/mol. The van der Waals surface area contributed by atoms with Crippen LogP contribution in [0.3, 0.4) is 0 Å². The molecule has 3 aliphatic heterocycles. The van der Waals surface area contributed by atoms with Crippen molar-refractivity contribution in [3.63, 3.8) is 0 Å². The smallest absolute Gasteiger partial charge is 0.110 e. The Morgan fingerprint density at radius 2 is 0.607 bits per heavy atom. The minimum Gasteiger partial charge on any atom is -0.308 e. The van der Waals surface area contributed by atoms with Gasteiger partial charge in [0, 0.05) is 70.6 Å². The van der Waals surface area contributed by atoms with Gasteiger partial charge in [-0.05, 0) is 107 Å². The number of nitrogens with zero attached hydrogens (tertiary/aromatic N) is 7. The highest BCUT2D eigenvalue weighted by atomic mass is 15.2. The molecule has 61 heavy (non-hydrogen) atoms. The molecule has 15 rings (SSSR count). The first-order valence-corrected chi connectivity index (χ1v) is 21.0. The van der Waals surface area contributed by atoms with E-state index in [0.29, 0.717) is 0 Å². The first-order chi connectivity index (χ1) is 30.0. The molecule has 7 heteroatoms. The van der Waals surface area contributed by atoms with Gasteiger partial charge in [0.05, 0.1) is 51.2 Å². The molecule has 0 N–H and O–H groups in total. The number of hydrogen-bond donors (Lipinski definition) is 0. The quantitative estimate of drug-likeness (QED) is 0.152. The molecule has 0 fully saturated rings. The van der Waals surface area contributed by atoms with Gasteiger partial charge in [0.25, 0.3) is 0 Å². The molecule has 0 amide bonds. The number of aromatic nitrogens is 6. The third-order valence-electron chi connectivity index (χ3n) is 14.7. The molecule has 7 nitrogen and oxygen atoms in total. The Morgan fingerprint density at radius 1 is 0.328 bits per heavy atom. The summed E-state index contributed by atoms with van der Waals surface area (Å²) in [6.07, 6.45) is 11.9. The Balaban J connectivity index is 1.22. The molecule has 9 heterocycles. The lowest BCUT2D eigenvalue weighted by Crippen LogP contribution is -2.48. The lowest BCUT2D eigenvalue weighted by Gasteiger charge is -2.55. The number of hydrogen-bond acceptors (Lipinski definition) is 7. The second-order valence-electron chi connectivity index (χ2n) is 17.6. The Hall–Kier alpha value is -7.64. The number of benzene rings is 3. The van der Waals surface area contributed by atoms with Crippen LogP contribution >= 0.6 is 0 Å². The number of pyridine rings is 6. The largest absolute Gasteiger partial charge is 0.308 e. The van der Waals surface area contributed by atoms with Crippen LogP contribution in [0.2, 0.25) is 0 Å². The van der Waals surface area contributed by atoms with E-state index in [1.165, 1.54) is 0 Å². The molecule has 9 aromatic rings. The van der Waals surface area contributed by atoms with E-state index < -0.39 is 16.2 Å². The Kier molecular flexibility index (Phi) is 5.49. The molecular weight excluding hydrogens is 747 g/mol. The summed E-state index contributed by atoms with van der Waals surface area (Å²) in [5, 5.41) is 0. The van der Waals surface area contributed by atoms with Gasteiger partial charge in [-0.15, -0.1) is 0 Å². The van der Waals surface area contributed by atoms with Gasteiger partial charge in [-0.2, -0.15) is 0 Å². The molecule has 0 bridgehead atoms. The van der Waals surface area contributed by atoms with Crippen LogP contribution in [0.15, 0.2) is 146 Å². The molecule has 0 radical (unpaired) electrons. The summed E-state index contributed by atoms with van der Waals surface area (Å²) in [6, 6.07) is 40.5. The second-order valence-corrected chi connectivity index (χ2v) is 17.6. The predicted octanol–water partition coefficient (Wildman–Crippen LogP) is 10.5. The molecule has 0 unspecified atom stereocenters. The summed E-state index contributed by atoms with van der Waals surface area (Å²) in [6.45, 7) is 6.39. The summed E-state index contributed by atoms with van der Waals surface area (Å²) in [7, 11) is 0. The fourth-order valence-electron chi connectivity index (χ4n) is 12.8. The van der Waals surface area contributed by atoms with Crippen LogP contribution in [0.5, 0.6) is 0 Å². The van der Waals surface area contributed by atoms with Crippen LogP contribution in [-0.4, -0.2) is 29.9 Å². The summed E-state index contributed by atoms with van der Waals surface area (Å²) in [5.74, 6) is 0. The molecule has 3 aliphatic carbocycles. The topological polar surface area (TPSA) is 80.6 Å². The highest BCUT2D eigenvalue weighted by Crippen LogP contribution is 2.74. The first kappa shape index (κ1) is 32.2. The molecule has 284 valence electrons. The SMILES string of the molecule is Cc1cnc2c(c1)-c1cccnc1C21c2cccc3c2N2c4c1cccc4C1(c4cccc(c42)C32c3ncccc3-c3cc(C)cnc32)c2ncccc2-c2cc(C)cnc21. The monoisotopic (exact) mass is 779 g/mol. The molecular formula is C54H33N7. The lowest BCUT2D eigenvalue weighted by atomic mass is 9.56. The van der Waals surface area contributed by atoms with Crippen LogP contribution < -0.4 is 4.90 Å². The van der Waals surface area contributed by atoms with Crippen molar-refractivity contribution in [3.05, 3.63) is 231 Å². The van der Waals surface area contributed by atoms with Crippen LogP contribution in [-0.2, 0) is 16.2 Å². The second kappa shape index (κ2) is 10.4. The molecule has 0 atom stereocenters. The maximum Gasteiger partial charge on any atom is 0.110 e. The summed E-state index contributed by atoms with van der Waals surface area (Å²) in [5.41, 5.74) is 23.7. The third-order valence-corrected chi connectivity index (χ3v) is 14.7. The van der Waals surface area contributed by atoms with Crippen molar-refractivity contribution in [3.8, 4) is 33.4 Å². The van der Waals surface area contributed by atoms with Gasteiger partial charge < -0.3 is 4.90 Å². The van der Waals surface area contributed by atoms with Gasteiger partial charge in [0.2, 0.25) is 0 Å². The first-order valence-electron chi connectivity index (χ1n) is 21.0. The average molecular weight is 780 g/mol. The Morgan fingerprint density at radius 3 is 0.902 bits per heavy atom. The van der Waals surface area contributed by atoms with Gasteiger partial charge in [0.15, 0.2) is 0 Å². The van der Waals surface area contributed by atoms with Crippen molar-refractivity contribution in [2.45, 2.75) is 37.0 Å². The standard InChI is InChI=1S/C54H33N7/c1-28-22-34-31-10-7-19-55-46(31)52(49(34)58-25-28)37-13-4-15-39-43(37)61-44-38(52)14-5-16-40(44)54(48-33(12-9-21-57-48)36-24-30(3)27-60-51(36)54)42-18-6-17-41(45(42)61)53(39)47-32(11-8-20-56-47)35-23-29(2)26-59-50(35)53/h4-27H,1-3H3. The van der Waals surface area contributed by atoms with E-state index in [4.69, 9.17) is 29.9 Å². The third kappa shape index (κ3) is 3.24. The minimum atomic E-state index is -0.858. The van der Waals surface area contributed by atoms with E-state index in [9.17, 15) is 0 Å². The lowest BCUT2D eigenvalue weighted by molar-refractivity contribution is 0.631. The van der Waals surface area contributed by atoms with Crippen molar-refractivity contribution in [2.75, 3.05) is 4.90 Å². The van der Waals surface area contributed by atoms with Crippen molar-refractivity contribution < 1.29 is 0 Å². The van der Waals surface area contributed by atoms with E-state index in [-0.39, 0.29) is 0 Å². The van der Waals surface area contributed by atoms with E-state index in [2.05, 4.69) is 135 Å². The van der Waals surface area contributed by atoms with Crippen LogP contribution in [0.25, 0.3) is 33.4 Å². The number of anilines is 3. The minimum absolute atomic E-state index is 0.858. The van der Waals surface area contributed by atoms with Gasteiger partial charge in [-0.1, -0.05) is 72.8 Å². The molecule has 0 saturated carbocycles. The summed E-state index contributed by atoms with van der Waals surface area (Å²) >= 11 is 0. The van der Waals surface area contributed by atoms with E-state index in [1.54, 1.807) is 0 Å². The van der Waals surface area contributed by atoms with Crippen molar-refractivity contribution >= 4 is 17.1 Å². The van der Waals surface area contributed by atoms with E-state index >= 15 is 0 Å². The number of aryl methyl sites for hydroxylation is 3. The molecule has 0 saturated heterocycles. The van der Waals surface area contributed by atoms with Crippen molar-refractivity contribution in [1.29, 1.82) is 0 Å². The van der Waals surface area contributed by atoms with E-state index in [0.717, 1.165) is 135 Å². The van der Waals surface area contributed by atoms with Gasteiger partial charge in [-0.3, -0.25) is 29.9 Å². The molecule has 6 aromatic heterocycles. The number of rotatable bonds is 0. The van der Waals surface area contributed by atoms with Gasteiger partial charge in [0.1, 0.15) is 16.2 Å². The maximum absolute atomic E-state index is 5.47. The Labute approximate surface area is 351 Å². The zero-order valence-electron chi connectivity index (χ0n) is 33.5. The average Bonchev–Trinajstić information content (AvgIpc) is 3.86. The zero-order valence-corrected chi connectivity index (χ0v) is 33.5. The number of fused-ring (bicyclic) bond motifs is 21. The Bertz CT molecular complexity index is 3130. The molecule has 3 aromatic carbocycles. The zero-order chi connectivity index (χ0) is 40.1. The van der Waals surface area contributed by atoms with Gasteiger partial charge in [-0.25, -0.2) is 0 Å². The van der Waals surface area contributed by atoms with Crippen molar-refractivity contribution in [1.82, 2.24) is 29.9 Å². The van der Waals surface area contributed by atoms with Crippen LogP contribution in [0.1, 0.15) is 84.2 Å². The highest BCUT2D eigenvalue weighted by molar-refractivity contribution is 6.06. The van der Waals surface area contributed by atoms with Crippen LogP contribution in [0, 0.1) is 20.8 Å². The summed E-state index contributed by atoms with van der Waals surface area (Å²) in [4.78, 5) is 35.2. The highest BCUT2D eigenvalue weighted by Gasteiger charge is 2.65. The summed E-state index contributed by atoms with van der Waals surface area (Å²) < 4.78 is 0. The van der Waals surface area contributed by atoms with Crippen molar-refractivity contribution in [2.24, 2.45) is 0 Å². The molecule has 6 aliphatic rings. The van der Waals surface area contributed by atoms with Crippen LogP contribution in [0.4, 0.5) is 17.1 Å². The van der Waals surface area contributed by atoms with Gasteiger partial charge >= 0.3 is 0 Å². The normalized spacial score (nSPS) is 21.2. The molecule has 3 spiro atoms. The van der Waals surface area contributed by atoms with E-state index in [1.807, 2.05) is 37.2 Å².